The number of rotatable bonds is 7. The summed E-state index contributed by atoms with van der Waals surface area (Å²) in [5, 5.41) is 2.99. The van der Waals surface area contributed by atoms with Gasteiger partial charge < -0.3 is 25.6 Å². The Bertz CT molecular complexity index is 1110. The molecule has 4 rings (SSSR count). The highest BCUT2D eigenvalue weighted by atomic mass is 16.5. The molecule has 8 heteroatoms. The van der Waals surface area contributed by atoms with E-state index >= 15 is 0 Å². The third-order valence-electron chi connectivity index (χ3n) is 5.60. The molecule has 0 spiro atoms. The van der Waals surface area contributed by atoms with E-state index in [1.807, 2.05) is 12.1 Å². The SMILES string of the molecule is CN1CCN(c2ncccc2CNC(=O)c2ccc(Oc3ccc(C(N)=O)cc3)cc2)CC1. The number of hydrogen-bond acceptors (Lipinski definition) is 6. The lowest BCUT2D eigenvalue weighted by Crippen LogP contribution is -2.45. The van der Waals surface area contributed by atoms with Crippen molar-refractivity contribution in [2.75, 3.05) is 38.1 Å². The first-order valence-corrected chi connectivity index (χ1v) is 10.8. The summed E-state index contributed by atoms with van der Waals surface area (Å²) in [5.74, 6) is 1.43. The molecule has 0 saturated carbocycles. The molecule has 0 aliphatic carbocycles. The number of pyridine rings is 1. The minimum Gasteiger partial charge on any atom is -0.457 e. The summed E-state index contributed by atoms with van der Waals surface area (Å²) in [4.78, 5) is 33.0. The molecule has 0 bridgehead atoms. The zero-order valence-corrected chi connectivity index (χ0v) is 18.5. The van der Waals surface area contributed by atoms with Crippen LogP contribution in [0.5, 0.6) is 11.5 Å². The van der Waals surface area contributed by atoms with Gasteiger partial charge in [-0.15, -0.1) is 0 Å². The van der Waals surface area contributed by atoms with Crippen LogP contribution in [0.2, 0.25) is 0 Å². The Morgan fingerprint density at radius 1 is 0.939 bits per heavy atom. The number of benzene rings is 2. The van der Waals surface area contributed by atoms with Crippen LogP contribution in [-0.2, 0) is 6.54 Å². The number of carbonyl (C=O) groups is 2. The van der Waals surface area contributed by atoms with Crippen molar-refractivity contribution in [1.82, 2.24) is 15.2 Å². The molecule has 3 aromatic rings. The van der Waals surface area contributed by atoms with Gasteiger partial charge in [0.25, 0.3) is 5.91 Å². The average molecular weight is 446 g/mol. The van der Waals surface area contributed by atoms with Gasteiger partial charge in [0.15, 0.2) is 0 Å². The van der Waals surface area contributed by atoms with Gasteiger partial charge in [0.05, 0.1) is 0 Å². The molecular formula is C25H27N5O3. The summed E-state index contributed by atoms with van der Waals surface area (Å²) in [6.45, 7) is 4.22. The number of likely N-dealkylation sites (N-methyl/N-ethyl adjacent to an activating group) is 1. The number of hydrogen-bond donors (Lipinski definition) is 2. The number of carbonyl (C=O) groups excluding carboxylic acids is 2. The number of primary amides is 1. The van der Waals surface area contributed by atoms with Crippen LogP contribution in [0.3, 0.4) is 0 Å². The molecule has 0 atom stereocenters. The quantitative estimate of drug-likeness (QED) is 0.580. The van der Waals surface area contributed by atoms with Crippen molar-refractivity contribution in [1.29, 1.82) is 0 Å². The van der Waals surface area contributed by atoms with Gasteiger partial charge in [-0.3, -0.25) is 9.59 Å². The first kappa shape index (κ1) is 22.3. The van der Waals surface area contributed by atoms with Crippen LogP contribution in [0.15, 0.2) is 66.9 Å². The lowest BCUT2D eigenvalue weighted by atomic mass is 10.1. The maximum Gasteiger partial charge on any atom is 0.251 e. The van der Waals surface area contributed by atoms with Crippen molar-refractivity contribution in [3.05, 3.63) is 83.6 Å². The number of ether oxygens (including phenoxy) is 1. The van der Waals surface area contributed by atoms with E-state index in [0.29, 0.717) is 29.2 Å². The van der Waals surface area contributed by atoms with E-state index in [-0.39, 0.29) is 5.91 Å². The maximum absolute atomic E-state index is 12.7. The molecule has 1 fully saturated rings. The predicted octanol–water partition coefficient (Wildman–Crippen LogP) is 2.65. The molecule has 33 heavy (non-hydrogen) atoms. The van der Waals surface area contributed by atoms with E-state index < -0.39 is 5.91 Å². The summed E-state index contributed by atoms with van der Waals surface area (Å²) in [6.07, 6.45) is 1.79. The molecule has 1 aliphatic heterocycles. The molecule has 1 aromatic heterocycles. The zero-order chi connectivity index (χ0) is 23.2. The average Bonchev–Trinajstić information content (AvgIpc) is 2.84. The largest absolute Gasteiger partial charge is 0.457 e. The zero-order valence-electron chi connectivity index (χ0n) is 18.5. The van der Waals surface area contributed by atoms with Crippen LogP contribution < -0.4 is 20.7 Å². The number of amides is 2. The van der Waals surface area contributed by atoms with E-state index in [2.05, 4.69) is 27.1 Å². The molecule has 2 aromatic carbocycles. The van der Waals surface area contributed by atoms with Gasteiger partial charge in [-0.05, 0) is 61.6 Å². The van der Waals surface area contributed by atoms with E-state index in [9.17, 15) is 9.59 Å². The highest BCUT2D eigenvalue weighted by molar-refractivity contribution is 5.94. The van der Waals surface area contributed by atoms with Gasteiger partial charge >= 0.3 is 0 Å². The Hall–Kier alpha value is -3.91. The van der Waals surface area contributed by atoms with Gasteiger partial charge in [0, 0.05) is 55.6 Å². The lowest BCUT2D eigenvalue weighted by molar-refractivity contribution is 0.0949. The van der Waals surface area contributed by atoms with Crippen LogP contribution in [0.1, 0.15) is 26.3 Å². The molecule has 1 aliphatic rings. The highest BCUT2D eigenvalue weighted by Crippen LogP contribution is 2.23. The van der Waals surface area contributed by atoms with E-state index in [1.165, 1.54) is 0 Å². The second-order valence-electron chi connectivity index (χ2n) is 7.97. The molecule has 2 heterocycles. The van der Waals surface area contributed by atoms with Crippen LogP contribution in [0.25, 0.3) is 0 Å². The summed E-state index contributed by atoms with van der Waals surface area (Å²) in [7, 11) is 2.12. The second-order valence-corrected chi connectivity index (χ2v) is 7.97. The van der Waals surface area contributed by atoms with Gasteiger partial charge in [-0.2, -0.15) is 0 Å². The third kappa shape index (κ3) is 5.67. The highest BCUT2D eigenvalue weighted by Gasteiger charge is 2.18. The van der Waals surface area contributed by atoms with Crippen LogP contribution in [-0.4, -0.2) is 54.9 Å². The second kappa shape index (κ2) is 10.1. The van der Waals surface area contributed by atoms with Crippen LogP contribution in [0.4, 0.5) is 5.82 Å². The first-order valence-electron chi connectivity index (χ1n) is 10.8. The number of nitrogens with two attached hydrogens (primary N) is 1. The standard InChI is InChI=1S/C25H27N5O3/c1-29-13-15-30(16-14-29)24-20(3-2-12-27-24)17-28-25(32)19-6-10-22(11-7-19)33-21-8-4-18(5-9-21)23(26)31/h2-12H,13-17H2,1H3,(H2,26,31)(H,28,32). The lowest BCUT2D eigenvalue weighted by Gasteiger charge is -2.34. The number of nitrogens with one attached hydrogen (secondary N) is 1. The van der Waals surface area contributed by atoms with Gasteiger partial charge in [-0.1, -0.05) is 6.07 Å². The molecule has 0 radical (unpaired) electrons. The van der Waals surface area contributed by atoms with Crippen molar-refractivity contribution in [3.63, 3.8) is 0 Å². The van der Waals surface area contributed by atoms with Crippen molar-refractivity contribution in [2.45, 2.75) is 6.54 Å². The smallest absolute Gasteiger partial charge is 0.251 e. The number of nitrogens with zero attached hydrogens (tertiary/aromatic N) is 3. The molecular weight excluding hydrogens is 418 g/mol. The predicted molar refractivity (Wildman–Crippen MR) is 127 cm³/mol. The van der Waals surface area contributed by atoms with Gasteiger partial charge in [-0.25, -0.2) is 4.98 Å². The Kier molecular flexibility index (Phi) is 6.85. The maximum atomic E-state index is 12.7. The van der Waals surface area contributed by atoms with Crippen molar-refractivity contribution < 1.29 is 14.3 Å². The minimum absolute atomic E-state index is 0.166. The monoisotopic (exact) mass is 445 g/mol. The Labute approximate surface area is 193 Å². The minimum atomic E-state index is -0.487. The molecule has 170 valence electrons. The van der Waals surface area contributed by atoms with Crippen molar-refractivity contribution >= 4 is 17.6 Å². The molecule has 2 amide bonds. The number of aromatic nitrogens is 1. The normalized spacial score (nSPS) is 14.0. The fourth-order valence-corrected chi connectivity index (χ4v) is 3.65. The van der Waals surface area contributed by atoms with E-state index in [0.717, 1.165) is 37.6 Å². The summed E-state index contributed by atoms with van der Waals surface area (Å²) < 4.78 is 5.77. The first-order chi connectivity index (χ1) is 16.0. The third-order valence-corrected chi connectivity index (χ3v) is 5.60. The van der Waals surface area contributed by atoms with Crippen molar-refractivity contribution in [2.24, 2.45) is 5.73 Å². The van der Waals surface area contributed by atoms with Crippen LogP contribution >= 0.6 is 0 Å². The Morgan fingerprint density at radius 2 is 1.55 bits per heavy atom. The topological polar surface area (TPSA) is 101 Å². The molecule has 8 nitrogen and oxygen atoms in total. The van der Waals surface area contributed by atoms with Crippen molar-refractivity contribution in [3.8, 4) is 11.5 Å². The fraction of sp³-hybridized carbons (Fsp3) is 0.240. The molecule has 3 N–H and O–H groups in total. The number of anilines is 1. The summed E-state index contributed by atoms with van der Waals surface area (Å²) in [5.41, 5.74) is 7.20. The van der Waals surface area contributed by atoms with Crippen LogP contribution in [0, 0.1) is 0 Å². The Balaban J connectivity index is 1.35. The molecule has 1 saturated heterocycles. The van der Waals surface area contributed by atoms with Gasteiger partial charge in [0.2, 0.25) is 5.91 Å². The Morgan fingerprint density at radius 3 is 2.15 bits per heavy atom. The number of piperazine rings is 1. The molecule has 0 unspecified atom stereocenters. The van der Waals surface area contributed by atoms with Gasteiger partial charge in [0.1, 0.15) is 17.3 Å². The fourth-order valence-electron chi connectivity index (χ4n) is 3.65. The summed E-state index contributed by atoms with van der Waals surface area (Å²) in [6, 6.07) is 17.3. The van der Waals surface area contributed by atoms with E-state index in [4.69, 9.17) is 10.5 Å². The summed E-state index contributed by atoms with van der Waals surface area (Å²) >= 11 is 0. The van der Waals surface area contributed by atoms with E-state index in [1.54, 1.807) is 54.7 Å².